The fourth-order valence-corrected chi connectivity index (χ4v) is 3.87. The van der Waals surface area contributed by atoms with Crippen molar-refractivity contribution in [2.24, 2.45) is 0 Å². The van der Waals surface area contributed by atoms with Gasteiger partial charge in [-0.2, -0.15) is 0 Å². The van der Waals surface area contributed by atoms with Crippen molar-refractivity contribution in [1.29, 1.82) is 0 Å². The van der Waals surface area contributed by atoms with Gasteiger partial charge in [-0.1, -0.05) is 11.6 Å². The minimum atomic E-state index is -0.507. The van der Waals surface area contributed by atoms with Crippen molar-refractivity contribution < 1.29 is 14.3 Å². The van der Waals surface area contributed by atoms with Crippen molar-refractivity contribution in [3.63, 3.8) is 0 Å². The summed E-state index contributed by atoms with van der Waals surface area (Å²) in [5.41, 5.74) is 0.719. The van der Waals surface area contributed by atoms with Crippen LogP contribution in [0, 0.1) is 0 Å². The molecule has 2 amide bonds. The molecule has 3 aromatic rings. The maximum Gasteiger partial charge on any atom is 0.277 e. The molecule has 2 aromatic heterocycles. The van der Waals surface area contributed by atoms with E-state index < -0.39 is 11.8 Å². The first-order valence-electron chi connectivity index (χ1n) is 10.3. The van der Waals surface area contributed by atoms with Gasteiger partial charge < -0.3 is 20.7 Å². The molecule has 0 unspecified atom stereocenters. The van der Waals surface area contributed by atoms with Gasteiger partial charge >= 0.3 is 0 Å². The van der Waals surface area contributed by atoms with Crippen LogP contribution in [-0.4, -0.2) is 47.2 Å². The number of ether oxygens (including phenoxy) is 1. The zero-order chi connectivity index (χ0) is 23.2. The molecule has 0 saturated carbocycles. The summed E-state index contributed by atoms with van der Waals surface area (Å²) >= 11 is 7.41. The van der Waals surface area contributed by atoms with E-state index in [1.165, 1.54) is 12.4 Å². The van der Waals surface area contributed by atoms with Crippen molar-refractivity contribution in [3.05, 3.63) is 71.1 Å². The highest BCUT2D eigenvalue weighted by atomic mass is 35.5. The number of thioether (sulfide) groups is 1. The first-order chi connectivity index (χ1) is 16.0. The van der Waals surface area contributed by atoms with Crippen molar-refractivity contribution in [1.82, 2.24) is 15.3 Å². The lowest BCUT2D eigenvalue weighted by Gasteiger charge is -2.17. The van der Waals surface area contributed by atoms with Crippen LogP contribution in [0.25, 0.3) is 0 Å². The zero-order valence-corrected chi connectivity index (χ0v) is 19.4. The number of hydrogen-bond acceptors (Lipinski definition) is 7. The summed E-state index contributed by atoms with van der Waals surface area (Å²) in [7, 11) is 0. The Kier molecular flexibility index (Phi) is 7.43. The fraction of sp³-hybridized carbons (Fsp3) is 0.217. The quantitative estimate of drug-likeness (QED) is 0.434. The number of halogens is 1. The van der Waals surface area contributed by atoms with Crippen LogP contribution in [0.5, 0.6) is 5.75 Å². The predicted octanol–water partition coefficient (Wildman–Crippen LogP) is 4.10. The van der Waals surface area contributed by atoms with Gasteiger partial charge in [-0.05, 0) is 61.7 Å². The number of carbonyl (C=O) groups is 2. The van der Waals surface area contributed by atoms with Crippen LogP contribution in [0.15, 0.2) is 59.8 Å². The summed E-state index contributed by atoms with van der Waals surface area (Å²) in [6.07, 6.45) is 5.75. The fourth-order valence-electron chi connectivity index (χ4n) is 3.33. The molecule has 1 aliphatic heterocycles. The predicted molar refractivity (Wildman–Crippen MR) is 130 cm³/mol. The summed E-state index contributed by atoms with van der Waals surface area (Å²) in [6.45, 7) is 1.61. The Hall–Kier alpha value is -3.14. The molecule has 1 fully saturated rings. The molecule has 0 aliphatic carbocycles. The van der Waals surface area contributed by atoms with Gasteiger partial charge in [0.25, 0.3) is 11.8 Å². The minimum Gasteiger partial charge on any atom is -0.488 e. The second kappa shape index (κ2) is 10.7. The summed E-state index contributed by atoms with van der Waals surface area (Å²) in [4.78, 5) is 35.2. The average molecular weight is 484 g/mol. The molecule has 10 heteroatoms. The Labute approximate surface area is 200 Å². The smallest absolute Gasteiger partial charge is 0.277 e. The van der Waals surface area contributed by atoms with E-state index in [2.05, 4.69) is 25.9 Å². The third-order valence-electron chi connectivity index (χ3n) is 4.98. The van der Waals surface area contributed by atoms with E-state index in [1.54, 1.807) is 42.1 Å². The minimum absolute atomic E-state index is 0.000243. The van der Waals surface area contributed by atoms with Crippen LogP contribution >= 0.6 is 23.4 Å². The van der Waals surface area contributed by atoms with Crippen LogP contribution in [-0.2, 0) is 0 Å². The average Bonchev–Trinajstić information content (AvgIpc) is 3.34. The van der Waals surface area contributed by atoms with E-state index in [-0.39, 0.29) is 17.5 Å². The number of amides is 2. The Bertz CT molecular complexity index is 1150. The molecule has 170 valence electrons. The lowest BCUT2D eigenvalue weighted by atomic mass is 10.1. The van der Waals surface area contributed by atoms with E-state index in [4.69, 9.17) is 16.3 Å². The molecule has 33 heavy (non-hydrogen) atoms. The summed E-state index contributed by atoms with van der Waals surface area (Å²) in [5, 5.41) is 9.17. The number of carbonyl (C=O) groups excluding carboxylic acids is 2. The summed E-state index contributed by atoms with van der Waals surface area (Å²) in [6, 6.07) is 11.9. The molecule has 1 aliphatic rings. The number of anilines is 2. The van der Waals surface area contributed by atoms with Crippen LogP contribution < -0.4 is 20.7 Å². The number of hydrogen-bond donors (Lipinski definition) is 3. The van der Waals surface area contributed by atoms with Crippen LogP contribution in [0.3, 0.4) is 0 Å². The first-order valence-corrected chi connectivity index (χ1v) is 11.9. The number of pyridine rings is 2. The van der Waals surface area contributed by atoms with Gasteiger partial charge in [0.15, 0.2) is 5.69 Å². The molecule has 1 aromatic carbocycles. The lowest BCUT2D eigenvalue weighted by molar-refractivity contribution is 0.102. The first kappa shape index (κ1) is 23.0. The Balaban J connectivity index is 1.55. The maximum absolute atomic E-state index is 13.2. The van der Waals surface area contributed by atoms with Crippen LogP contribution in [0.2, 0.25) is 5.02 Å². The molecule has 8 nitrogen and oxygen atoms in total. The molecule has 3 N–H and O–H groups in total. The van der Waals surface area contributed by atoms with Gasteiger partial charge in [0.05, 0.1) is 16.3 Å². The number of rotatable bonds is 7. The van der Waals surface area contributed by atoms with Crippen LogP contribution in [0.1, 0.15) is 27.3 Å². The van der Waals surface area contributed by atoms with Crippen molar-refractivity contribution in [2.45, 2.75) is 17.4 Å². The monoisotopic (exact) mass is 483 g/mol. The molecule has 1 atom stereocenters. The van der Waals surface area contributed by atoms with E-state index in [0.717, 1.165) is 24.4 Å². The SMILES string of the molecule is CSc1ccc(C(=O)Nc2cccnc2C(=O)Nc2ccc(Cl)cn2)c(O[C@H]2CCNC2)c1. The van der Waals surface area contributed by atoms with Gasteiger partial charge in [-0.15, -0.1) is 11.8 Å². The Morgan fingerprint density at radius 1 is 1.15 bits per heavy atom. The third kappa shape index (κ3) is 5.81. The number of benzene rings is 1. The third-order valence-corrected chi connectivity index (χ3v) is 5.93. The lowest BCUT2D eigenvalue weighted by Crippen LogP contribution is -2.23. The number of nitrogens with one attached hydrogen (secondary N) is 3. The Morgan fingerprint density at radius 3 is 2.76 bits per heavy atom. The van der Waals surface area contributed by atoms with E-state index >= 15 is 0 Å². The number of aromatic nitrogens is 2. The van der Waals surface area contributed by atoms with Gasteiger partial charge in [0.2, 0.25) is 0 Å². The van der Waals surface area contributed by atoms with Crippen molar-refractivity contribution in [2.75, 3.05) is 30.0 Å². The van der Waals surface area contributed by atoms with Crippen LogP contribution in [0.4, 0.5) is 11.5 Å². The topological polar surface area (TPSA) is 105 Å². The largest absolute Gasteiger partial charge is 0.488 e. The summed E-state index contributed by atoms with van der Waals surface area (Å²) in [5.74, 6) is -0.0728. The molecule has 3 heterocycles. The summed E-state index contributed by atoms with van der Waals surface area (Å²) < 4.78 is 6.12. The molecular formula is C23H22ClN5O3S. The van der Waals surface area contributed by atoms with E-state index in [1.807, 2.05) is 18.4 Å². The Morgan fingerprint density at radius 2 is 2.03 bits per heavy atom. The second-order valence-electron chi connectivity index (χ2n) is 7.26. The van der Waals surface area contributed by atoms with E-state index in [9.17, 15) is 9.59 Å². The highest BCUT2D eigenvalue weighted by Gasteiger charge is 2.22. The highest BCUT2D eigenvalue weighted by Crippen LogP contribution is 2.28. The standard InChI is InChI=1S/C23H22ClN5O3S/c1-33-16-5-6-17(19(11-16)32-15-8-10-25-13-15)22(30)28-18-3-2-9-26-21(18)23(31)29-20-7-4-14(24)12-27-20/h2-7,9,11-12,15,25H,8,10,13H2,1H3,(H,28,30)(H,27,29,31)/t15-/m0/s1. The molecule has 0 bridgehead atoms. The second-order valence-corrected chi connectivity index (χ2v) is 8.58. The van der Waals surface area contributed by atoms with E-state index in [0.29, 0.717) is 22.2 Å². The van der Waals surface area contributed by atoms with Gasteiger partial charge in [-0.3, -0.25) is 9.59 Å². The molecule has 0 radical (unpaired) electrons. The van der Waals surface area contributed by atoms with Crippen molar-refractivity contribution >= 4 is 46.7 Å². The zero-order valence-electron chi connectivity index (χ0n) is 17.8. The number of nitrogens with zero attached hydrogens (tertiary/aromatic N) is 2. The van der Waals surface area contributed by atoms with Crippen molar-refractivity contribution in [3.8, 4) is 5.75 Å². The highest BCUT2D eigenvalue weighted by molar-refractivity contribution is 7.98. The molecule has 1 saturated heterocycles. The van der Waals surface area contributed by atoms with Gasteiger partial charge in [-0.25, -0.2) is 9.97 Å². The molecule has 4 rings (SSSR count). The molecule has 0 spiro atoms. The maximum atomic E-state index is 13.2. The normalized spacial score (nSPS) is 15.2. The molecular weight excluding hydrogens is 462 g/mol. The van der Waals surface area contributed by atoms with Gasteiger partial charge in [0, 0.05) is 23.8 Å². The van der Waals surface area contributed by atoms with Gasteiger partial charge in [0.1, 0.15) is 17.7 Å².